The Balaban J connectivity index is 1.93. The third-order valence-electron chi connectivity index (χ3n) is 3.99. The van der Waals surface area contributed by atoms with E-state index >= 15 is 0 Å². The Labute approximate surface area is 154 Å². The lowest BCUT2D eigenvalue weighted by Crippen LogP contribution is -2.43. The quantitative estimate of drug-likeness (QED) is 0.616. The molecule has 2 heterocycles. The van der Waals surface area contributed by atoms with Crippen LogP contribution in [0.1, 0.15) is 36.1 Å². The number of rotatable bonds is 5. The first-order chi connectivity index (χ1) is 12.8. The van der Waals surface area contributed by atoms with Crippen molar-refractivity contribution in [2.24, 2.45) is 0 Å². The lowest BCUT2D eigenvalue weighted by atomic mass is 10.1. The zero-order valence-corrected chi connectivity index (χ0v) is 15.2. The van der Waals surface area contributed by atoms with Gasteiger partial charge in [0, 0.05) is 28.8 Å². The van der Waals surface area contributed by atoms with Crippen molar-refractivity contribution in [1.82, 2.24) is 10.1 Å². The molecule has 0 radical (unpaired) electrons. The zero-order valence-electron chi connectivity index (χ0n) is 15.2. The van der Waals surface area contributed by atoms with Gasteiger partial charge in [0.25, 0.3) is 0 Å². The Morgan fingerprint density at radius 1 is 1.15 bits per heavy atom. The Bertz CT molecular complexity index is 928. The highest BCUT2D eigenvalue weighted by Crippen LogP contribution is 2.32. The normalized spacial score (nSPS) is 11.6. The molecule has 27 heavy (non-hydrogen) atoms. The highest BCUT2D eigenvalue weighted by atomic mass is 19.4. The van der Waals surface area contributed by atoms with Crippen LogP contribution in [0, 0.1) is 13.8 Å². The highest BCUT2D eigenvalue weighted by molar-refractivity contribution is 5.60. The van der Waals surface area contributed by atoms with Crippen molar-refractivity contribution in [3.8, 4) is 17.1 Å². The van der Waals surface area contributed by atoms with Crippen molar-refractivity contribution in [2.75, 3.05) is 0 Å². The largest absolute Gasteiger partial charge is 0.471 e. The molecule has 3 aromatic rings. The number of hydrogen-bond acceptors (Lipinski definition) is 4. The first-order valence-electron chi connectivity index (χ1n) is 8.50. The van der Waals surface area contributed by atoms with Crippen LogP contribution in [0.15, 0.2) is 41.1 Å². The standard InChI is InChI=1S/C19H19F3N3O2/c1-4-7-15-8-5-6-9-25(15)27-16-12(2)10-14(11-13(16)3)17-23-18(26-24-17)19(20,21)22/h5-6,8-11H,4,7H2,1-3H3/q+1. The van der Waals surface area contributed by atoms with E-state index in [-0.39, 0.29) is 5.82 Å². The summed E-state index contributed by atoms with van der Waals surface area (Å²) in [4.78, 5) is 9.48. The molecule has 3 rings (SSSR count). The second kappa shape index (κ2) is 7.38. The maximum absolute atomic E-state index is 12.7. The molecule has 0 bridgehead atoms. The molecule has 0 unspecified atom stereocenters. The van der Waals surface area contributed by atoms with Crippen molar-refractivity contribution < 1.29 is 27.3 Å². The van der Waals surface area contributed by atoms with Gasteiger partial charge in [0.05, 0.1) is 0 Å². The molecule has 0 aliphatic carbocycles. The zero-order chi connectivity index (χ0) is 19.6. The van der Waals surface area contributed by atoms with Gasteiger partial charge in [0.2, 0.25) is 23.5 Å². The molecule has 0 amide bonds. The maximum atomic E-state index is 12.7. The van der Waals surface area contributed by atoms with Crippen molar-refractivity contribution in [3.05, 3.63) is 59.2 Å². The maximum Gasteiger partial charge on any atom is 0.471 e. The van der Waals surface area contributed by atoms with E-state index in [1.807, 2.05) is 38.2 Å². The first-order valence-corrected chi connectivity index (χ1v) is 8.50. The smallest absolute Gasteiger partial charge is 0.329 e. The van der Waals surface area contributed by atoms with Crippen LogP contribution in [0.25, 0.3) is 11.4 Å². The molecule has 5 nitrogen and oxygen atoms in total. The molecule has 0 spiro atoms. The highest BCUT2D eigenvalue weighted by Gasteiger charge is 2.38. The number of benzene rings is 1. The minimum absolute atomic E-state index is 0.112. The van der Waals surface area contributed by atoms with E-state index < -0.39 is 12.1 Å². The minimum Gasteiger partial charge on any atom is -0.329 e. The summed E-state index contributed by atoms with van der Waals surface area (Å²) in [6.07, 6.45) is -1.01. The third-order valence-corrected chi connectivity index (χ3v) is 3.99. The monoisotopic (exact) mass is 378 g/mol. The molecule has 0 N–H and O–H groups in total. The fraction of sp³-hybridized carbons (Fsp3) is 0.316. The van der Waals surface area contributed by atoms with E-state index in [1.54, 1.807) is 16.9 Å². The Morgan fingerprint density at radius 2 is 1.85 bits per heavy atom. The molecule has 0 saturated heterocycles. The summed E-state index contributed by atoms with van der Waals surface area (Å²) < 4.78 is 44.0. The Kier molecular flexibility index (Phi) is 5.16. The van der Waals surface area contributed by atoms with Gasteiger partial charge in [-0.1, -0.05) is 12.1 Å². The average Bonchev–Trinajstić information content (AvgIpc) is 3.10. The molecule has 0 atom stereocenters. The van der Waals surface area contributed by atoms with Crippen LogP contribution >= 0.6 is 0 Å². The Morgan fingerprint density at radius 3 is 2.44 bits per heavy atom. The van der Waals surface area contributed by atoms with Crippen molar-refractivity contribution >= 4 is 0 Å². The molecule has 0 aliphatic heterocycles. The van der Waals surface area contributed by atoms with Gasteiger partial charge in [0.1, 0.15) is 0 Å². The number of halogens is 3. The Hall–Kier alpha value is -2.90. The molecule has 0 aliphatic rings. The van der Waals surface area contributed by atoms with Crippen molar-refractivity contribution in [3.63, 3.8) is 0 Å². The lowest BCUT2D eigenvalue weighted by Gasteiger charge is -2.09. The van der Waals surface area contributed by atoms with Gasteiger partial charge in [-0.15, -0.1) is 0 Å². The molecule has 142 valence electrons. The number of hydrogen-bond donors (Lipinski definition) is 0. The van der Waals surface area contributed by atoms with Crippen LogP contribution in [-0.4, -0.2) is 10.1 Å². The molecule has 0 saturated carbocycles. The summed E-state index contributed by atoms with van der Waals surface area (Å²) in [5.41, 5.74) is 2.96. The summed E-state index contributed by atoms with van der Waals surface area (Å²) in [6, 6.07) is 9.16. The predicted octanol–water partition coefficient (Wildman–Crippen LogP) is 4.45. The van der Waals surface area contributed by atoms with E-state index in [0.29, 0.717) is 11.3 Å². The minimum atomic E-state index is -4.67. The molecular weight excluding hydrogens is 359 g/mol. The SMILES string of the molecule is CCCc1cccc[n+]1Oc1c(C)cc(-c2noc(C(F)(F)F)n2)cc1C. The van der Waals surface area contributed by atoms with Crippen molar-refractivity contribution in [2.45, 2.75) is 39.8 Å². The number of aryl methyl sites for hydroxylation is 3. The molecule has 0 fully saturated rings. The van der Waals surface area contributed by atoms with E-state index in [4.69, 9.17) is 4.84 Å². The fourth-order valence-corrected chi connectivity index (χ4v) is 2.78. The second-order valence-corrected chi connectivity index (χ2v) is 6.22. The van der Waals surface area contributed by atoms with Crippen LogP contribution < -0.4 is 9.57 Å². The summed E-state index contributed by atoms with van der Waals surface area (Å²) in [7, 11) is 0. The fourth-order valence-electron chi connectivity index (χ4n) is 2.78. The van der Waals surface area contributed by atoms with Gasteiger partial charge in [-0.05, 0) is 49.6 Å². The number of aromatic nitrogens is 3. The topological polar surface area (TPSA) is 52.0 Å². The van der Waals surface area contributed by atoms with Crippen LogP contribution in [-0.2, 0) is 12.6 Å². The van der Waals surface area contributed by atoms with Gasteiger partial charge in [-0.2, -0.15) is 18.2 Å². The molecule has 1 aromatic carbocycles. The second-order valence-electron chi connectivity index (χ2n) is 6.22. The first kappa shape index (κ1) is 18.9. The van der Waals surface area contributed by atoms with Gasteiger partial charge in [-0.25, -0.2) is 4.84 Å². The van der Waals surface area contributed by atoms with Crippen LogP contribution in [0.5, 0.6) is 5.75 Å². The lowest BCUT2D eigenvalue weighted by molar-refractivity contribution is -0.880. The van der Waals surface area contributed by atoms with Gasteiger partial charge in [0.15, 0.2) is 0 Å². The number of pyridine rings is 1. The van der Waals surface area contributed by atoms with Crippen LogP contribution in [0.3, 0.4) is 0 Å². The predicted molar refractivity (Wildman–Crippen MR) is 90.9 cm³/mol. The van der Waals surface area contributed by atoms with Crippen molar-refractivity contribution in [1.29, 1.82) is 0 Å². The summed E-state index contributed by atoms with van der Waals surface area (Å²) in [5.74, 6) is -0.844. The average molecular weight is 378 g/mol. The third kappa shape index (κ3) is 4.10. The summed E-state index contributed by atoms with van der Waals surface area (Å²) in [5, 5.41) is 3.44. The van der Waals surface area contributed by atoms with E-state index in [9.17, 15) is 13.2 Å². The summed E-state index contributed by atoms with van der Waals surface area (Å²) >= 11 is 0. The molecule has 8 heteroatoms. The number of alkyl halides is 3. The summed E-state index contributed by atoms with van der Waals surface area (Å²) in [6.45, 7) is 5.72. The van der Waals surface area contributed by atoms with Crippen LogP contribution in [0.4, 0.5) is 13.2 Å². The van der Waals surface area contributed by atoms with Gasteiger partial charge < -0.3 is 4.52 Å². The van der Waals surface area contributed by atoms with E-state index in [2.05, 4.69) is 21.6 Å². The van der Waals surface area contributed by atoms with Crippen LogP contribution in [0.2, 0.25) is 0 Å². The van der Waals surface area contributed by atoms with Gasteiger partial charge in [-0.3, -0.25) is 0 Å². The van der Waals surface area contributed by atoms with E-state index in [0.717, 1.165) is 29.7 Å². The number of nitrogens with zero attached hydrogens (tertiary/aromatic N) is 3. The van der Waals surface area contributed by atoms with E-state index in [1.165, 1.54) is 0 Å². The van der Waals surface area contributed by atoms with Gasteiger partial charge >= 0.3 is 12.1 Å². The molecular formula is C19H19F3N3O2+. The molecule has 2 aromatic heterocycles.